The van der Waals surface area contributed by atoms with Gasteiger partial charge >= 0.3 is 5.97 Å². The van der Waals surface area contributed by atoms with Crippen molar-refractivity contribution >= 4 is 28.6 Å². The Bertz CT molecular complexity index is 151. The number of esters is 1. The molecule has 0 spiro atoms. The van der Waals surface area contributed by atoms with Crippen molar-refractivity contribution in [1.82, 2.24) is 0 Å². The molecule has 3 heteroatoms. The Morgan fingerprint density at radius 2 is 2.00 bits per heavy atom. The van der Waals surface area contributed by atoms with E-state index in [1.807, 2.05) is 0 Å². The van der Waals surface area contributed by atoms with Crippen LogP contribution in [0.3, 0.4) is 0 Å². The Morgan fingerprint density at radius 1 is 1.42 bits per heavy atom. The van der Waals surface area contributed by atoms with Crippen LogP contribution in [-0.2, 0) is 9.53 Å². The summed E-state index contributed by atoms with van der Waals surface area (Å²) >= 11 is 2.42. The van der Waals surface area contributed by atoms with E-state index in [-0.39, 0.29) is 11.9 Å². The summed E-state index contributed by atoms with van der Waals surface area (Å²) in [4.78, 5) is 11.1. The Kier molecular flexibility index (Phi) is 4.32. The van der Waals surface area contributed by atoms with Gasteiger partial charge in [-0.25, -0.2) is 0 Å². The van der Waals surface area contributed by atoms with E-state index in [4.69, 9.17) is 4.74 Å². The van der Waals surface area contributed by atoms with Crippen LogP contribution in [0.1, 0.15) is 25.7 Å². The second kappa shape index (κ2) is 5.04. The third-order valence-electron chi connectivity index (χ3n) is 2.60. The molecule has 0 saturated heterocycles. The Hall–Kier alpha value is 0.200. The minimum atomic E-state index is -0.0121. The molecule has 0 radical (unpaired) electrons. The van der Waals surface area contributed by atoms with Gasteiger partial charge in [0.1, 0.15) is 0 Å². The van der Waals surface area contributed by atoms with Crippen molar-refractivity contribution in [2.45, 2.75) is 25.7 Å². The Labute approximate surface area is 87.2 Å². The predicted octanol–water partition coefficient (Wildman–Crippen LogP) is 2.40. The minimum absolute atomic E-state index is 0.0121. The molecule has 0 atom stereocenters. The number of hydrogen-bond donors (Lipinski definition) is 0. The normalized spacial score (nSPS) is 29.8. The number of alkyl halides is 1. The molecule has 1 aliphatic rings. The zero-order valence-corrected chi connectivity index (χ0v) is 9.54. The zero-order valence-electron chi connectivity index (χ0n) is 7.38. The summed E-state index contributed by atoms with van der Waals surface area (Å²) < 4.78 is 5.95. The summed E-state index contributed by atoms with van der Waals surface area (Å²) in [5, 5.41) is 0. The fourth-order valence-electron chi connectivity index (χ4n) is 1.72. The fraction of sp³-hybridized carbons (Fsp3) is 0.889. The van der Waals surface area contributed by atoms with Crippen LogP contribution in [0, 0.1) is 11.8 Å². The lowest BCUT2D eigenvalue weighted by atomic mass is 9.83. The summed E-state index contributed by atoms with van der Waals surface area (Å²) in [6, 6.07) is 0. The van der Waals surface area contributed by atoms with Crippen LogP contribution in [0.25, 0.3) is 0 Å². The Balaban J connectivity index is 2.30. The third-order valence-corrected chi connectivity index (χ3v) is 3.85. The molecule has 0 heterocycles. The monoisotopic (exact) mass is 282 g/mol. The number of hydrogen-bond acceptors (Lipinski definition) is 2. The highest BCUT2D eigenvalue weighted by atomic mass is 127. The van der Waals surface area contributed by atoms with E-state index >= 15 is 0 Å². The molecular formula is C9H15IO2. The smallest absolute Gasteiger partial charge is 0.308 e. The fourth-order valence-corrected chi connectivity index (χ4v) is 2.60. The van der Waals surface area contributed by atoms with Gasteiger partial charge in [0.05, 0.1) is 13.0 Å². The maximum Gasteiger partial charge on any atom is 0.308 e. The van der Waals surface area contributed by atoms with Gasteiger partial charge in [0.25, 0.3) is 0 Å². The van der Waals surface area contributed by atoms with Crippen LogP contribution in [0.5, 0.6) is 0 Å². The van der Waals surface area contributed by atoms with Gasteiger partial charge in [0.2, 0.25) is 0 Å². The van der Waals surface area contributed by atoms with E-state index in [9.17, 15) is 4.79 Å². The molecule has 0 bridgehead atoms. The molecule has 0 aromatic heterocycles. The highest BCUT2D eigenvalue weighted by Crippen LogP contribution is 2.30. The second-order valence-corrected chi connectivity index (χ2v) is 4.28. The van der Waals surface area contributed by atoms with Crippen molar-refractivity contribution in [2.24, 2.45) is 11.8 Å². The molecule has 0 N–H and O–H groups in total. The molecule has 12 heavy (non-hydrogen) atoms. The van der Waals surface area contributed by atoms with Crippen molar-refractivity contribution in [3.8, 4) is 0 Å². The lowest BCUT2D eigenvalue weighted by molar-refractivity contribution is -0.146. The third kappa shape index (κ3) is 2.61. The van der Waals surface area contributed by atoms with Gasteiger partial charge < -0.3 is 4.74 Å². The first-order chi connectivity index (χ1) is 5.77. The number of ether oxygens (including phenoxy) is 1. The lowest BCUT2D eigenvalue weighted by Crippen LogP contribution is -2.23. The summed E-state index contributed by atoms with van der Waals surface area (Å²) in [5.41, 5.74) is 0. The Morgan fingerprint density at radius 3 is 2.42 bits per heavy atom. The number of carbonyl (C=O) groups excluding carboxylic acids is 1. The maximum absolute atomic E-state index is 11.1. The van der Waals surface area contributed by atoms with E-state index in [1.54, 1.807) is 0 Å². The van der Waals surface area contributed by atoms with Crippen LogP contribution >= 0.6 is 22.6 Å². The summed E-state index contributed by atoms with van der Waals surface area (Å²) in [7, 11) is 1.48. The van der Waals surface area contributed by atoms with Crippen molar-refractivity contribution in [2.75, 3.05) is 11.5 Å². The maximum atomic E-state index is 11.1. The average molecular weight is 282 g/mol. The molecule has 0 aliphatic heterocycles. The standard InChI is InChI=1S/C9H15IO2/c1-12-9(11)8-4-2-7(6-10)3-5-8/h7-8H,2-6H2,1H3. The van der Waals surface area contributed by atoms with Crippen LogP contribution in [0.2, 0.25) is 0 Å². The molecule has 1 rings (SSSR count). The van der Waals surface area contributed by atoms with Crippen LogP contribution < -0.4 is 0 Å². The van der Waals surface area contributed by atoms with E-state index < -0.39 is 0 Å². The van der Waals surface area contributed by atoms with Crippen molar-refractivity contribution in [1.29, 1.82) is 0 Å². The molecule has 0 aromatic rings. The van der Waals surface area contributed by atoms with Gasteiger partial charge in [-0.2, -0.15) is 0 Å². The van der Waals surface area contributed by atoms with Gasteiger partial charge in [0, 0.05) is 4.43 Å². The zero-order chi connectivity index (χ0) is 8.97. The molecule has 0 unspecified atom stereocenters. The first-order valence-electron chi connectivity index (χ1n) is 4.41. The van der Waals surface area contributed by atoms with Crippen molar-refractivity contribution < 1.29 is 9.53 Å². The number of methoxy groups -OCH3 is 1. The molecule has 1 aliphatic carbocycles. The first-order valence-corrected chi connectivity index (χ1v) is 5.94. The largest absolute Gasteiger partial charge is 0.469 e. The SMILES string of the molecule is COC(=O)C1CCC(CI)CC1. The van der Waals surface area contributed by atoms with Gasteiger partial charge in [-0.05, 0) is 31.6 Å². The van der Waals surface area contributed by atoms with Crippen LogP contribution in [-0.4, -0.2) is 17.5 Å². The number of halogens is 1. The molecule has 2 nitrogen and oxygen atoms in total. The molecular weight excluding hydrogens is 267 g/mol. The number of carbonyl (C=O) groups is 1. The quantitative estimate of drug-likeness (QED) is 0.441. The molecule has 70 valence electrons. The molecule has 0 amide bonds. The second-order valence-electron chi connectivity index (χ2n) is 3.40. The average Bonchev–Trinajstić information content (AvgIpc) is 2.17. The van der Waals surface area contributed by atoms with E-state index in [2.05, 4.69) is 22.6 Å². The number of rotatable bonds is 2. The van der Waals surface area contributed by atoms with Crippen LogP contribution in [0.15, 0.2) is 0 Å². The summed E-state index contributed by atoms with van der Waals surface area (Å²) in [5.74, 6) is 1.02. The van der Waals surface area contributed by atoms with E-state index in [1.165, 1.54) is 24.4 Å². The molecule has 0 aromatic carbocycles. The van der Waals surface area contributed by atoms with E-state index in [0.717, 1.165) is 18.8 Å². The van der Waals surface area contributed by atoms with Gasteiger partial charge in [-0.3, -0.25) is 4.79 Å². The molecule has 1 saturated carbocycles. The molecule has 1 fully saturated rings. The predicted molar refractivity (Wildman–Crippen MR) is 56.4 cm³/mol. The van der Waals surface area contributed by atoms with E-state index in [0.29, 0.717) is 0 Å². The highest BCUT2D eigenvalue weighted by molar-refractivity contribution is 14.1. The van der Waals surface area contributed by atoms with Crippen molar-refractivity contribution in [3.63, 3.8) is 0 Å². The van der Waals surface area contributed by atoms with Crippen molar-refractivity contribution in [3.05, 3.63) is 0 Å². The first kappa shape index (κ1) is 10.3. The summed E-state index contributed by atoms with van der Waals surface area (Å²) in [6.07, 6.45) is 4.45. The topological polar surface area (TPSA) is 26.3 Å². The van der Waals surface area contributed by atoms with Gasteiger partial charge in [0.15, 0.2) is 0 Å². The van der Waals surface area contributed by atoms with Gasteiger partial charge in [-0.15, -0.1) is 0 Å². The highest BCUT2D eigenvalue weighted by Gasteiger charge is 2.25. The lowest BCUT2D eigenvalue weighted by Gasteiger charge is -2.25. The summed E-state index contributed by atoms with van der Waals surface area (Å²) in [6.45, 7) is 0. The van der Waals surface area contributed by atoms with Gasteiger partial charge in [-0.1, -0.05) is 22.6 Å². The minimum Gasteiger partial charge on any atom is -0.469 e. The van der Waals surface area contributed by atoms with Crippen LogP contribution in [0.4, 0.5) is 0 Å².